The van der Waals surface area contributed by atoms with Gasteiger partial charge in [-0.25, -0.2) is 0 Å². The molecule has 0 amide bonds. The van der Waals surface area contributed by atoms with Crippen LogP contribution in [0.15, 0.2) is 30.3 Å². The third-order valence-electron chi connectivity index (χ3n) is 5.20. The normalized spacial score (nSPS) is 32.0. The molecular formula is C17H27N3. The molecule has 2 fully saturated rings. The predicted octanol–water partition coefficient (Wildman–Crippen LogP) is 2.07. The Balaban J connectivity index is 1.67. The summed E-state index contributed by atoms with van der Waals surface area (Å²) in [5.74, 6) is 0. The molecule has 0 saturated carbocycles. The fourth-order valence-electron chi connectivity index (χ4n) is 4.07. The second-order valence-corrected chi connectivity index (χ2v) is 6.56. The molecule has 2 N–H and O–H groups in total. The summed E-state index contributed by atoms with van der Waals surface area (Å²) in [6.45, 7) is 7.76. The monoisotopic (exact) mass is 273 g/mol. The van der Waals surface area contributed by atoms with Crippen molar-refractivity contribution >= 4 is 0 Å². The van der Waals surface area contributed by atoms with Crippen LogP contribution >= 0.6 is 0 Å². The minimum atomic E-state index is 0.227. The number of hydrogen-bond acceptors (Lipinski definition) is 3. The van der Waals surface area contributed by atoms with Crippen molar-refractivity contribution in [1.82, 2.24) is 9.80 Å². The summed E-state index contributed by atoms with van der Waals surface area (Å²) >= 11 is 0. The van der Waals surface area contributed by atoms with E-state index < -0.39 is 0 Å². The van der Waals surface area contributed by atoms with Gasteiger partial charge in [-0.3, -0.25) is 9.80 Å². The summed E-state index contributed by atoms with van der Waals surface area (Å²) in [4.78, 5) is 5.27. The average Bonchev–Trinajstić information content (AvgIpc) is 3.07. The molecule has 0 radical (unpaired) electrons. The highest BCUT2D eigenvalue weighted by atomic mass is 15.3. The Morgan fingerprint density at radius 1 is 1.25 bits per heavy atom. The third kappa shape index (κ3) is 2.62. The van der Waals surface area contributed by atoms with Gasteiger partial charge in [-0.1, -0.05) is 30.3 Å². The maximum atomic E-state index is 6.20. The first-order chi connectivity index (χ1) is 9.73. The molecule has 0 bridgehead atoms. The van der Waals surface area contributed by atoms with Crippen LogP contribution in [0.3, 0.4) is 0 Å². The molecule has 2 saturated heterocycles. The molecule has 1 aromatic carbocycles. The summed E-state index contributed by atoms with van der Waals surface area (Å²) in [5, 5.41) is 0. The highest BCUT2D eigenvalue weighted by molar-refractivity contribution is 5.15. The fraction of sp³-hybridized carbons (Fsp3) is 0.647. The molecule has 2 heterocycles. The summed E-state index contributed by atoms with van der Waals surface area (Å²) < 4.78 is 0. The molecule has 0 aromatic heterocycles. The van der Waals surface area contributed by atoms with E-state index in [1.54, 1.807) is 0 Å². The summed E-state index contributed by atoms with van der Waals surface area (Å²) in [5.41, 5.74) is 7.84. The molecule has 2 atom stereocenters. The lowest BCUT2D eigenvalue weighted by Crippen LogP contribution is -2.56. The van der Waals surface area contributed by atoms with Crippen molar-refractivity contribution in [2.45, 2.75) is 44.3 Å². The van der Waals surface area contributed by atoms with Gasteiger partial charge in [-0.05, 0) is 38.3 Å². The van der Waals surface area contributed by atoms with Crippen molar-refractivity contribution < 1.29 is 0 Å². The summed E-state index contributed by atoms with van der Waals surface area (Å²) in [6.07, 6.45) is 3.89. The number of benzene rings is 1. The van der Waals surface area contributed by atoms with Gasteiger partial charge in [0, 0.05) is 37.8 Å². The molecule has 2 unspecified atom stereocenters. The van der Waals surface area contributed by atoms with E-state index in [4.69, 9.17) is 5.73 Å². The highest BCUT2D eigenvalue weighted by Crippen LogP contribution is 2.34. The average molecular weight is 273 g/mol. The predicted molar refractivity (Wildman–Crippen MR) is 83.5 cm³/mol. The van der Waals surface area contributed by atoms with Gasteiger partial charge < -0.3 is 5.73 Å². The fourth-order valence-corrected chi connectivity index (χ4v) is 4.07. The van der Waals surface area contributed by atoms with E-state index in [2.05, 4.69) is 47.1 Å². The molecule has 3 nitrogen and oxygen atoms in total. The van der Waals surface area contributed by atoms with Gasteiger partial charge in [0.1, 0.15) is 0 Å². The van der Waals surface area contributed by atoms with Gasteiger partial charge in [0.2, 0.25) is 0 Å². The largest absolute Gasteiger partial charge is 0.329 e. The maximum absolute atomic E-state index is 6.20. The lowest BCUT2D eigenvalue weighted by Gasteiger charge is -2.41. The minimum Gasteiger partial charge on any atom is -0.329 e. The van der Waals surface area contributed by atoms with Crippen molar-refractivity contribution in [3.63, 3.8) is 0 Å². The zero-order valence-corrected chi connectivity index (χ0v) is 12.6. The van der Waals surface area contributed by atoms with E-state index in [1.807, 2.05) is 0 Å². The molecule has 2 aliphatic rings. The summed E-state index contributed by atoms with van der Waals surface area (Å²) in [7, 11) is 0. The zero-order chi connectivity index (χ0) is 14.0. The van der Waals surface area contributed by atoms with Crippen LogP contribution < -0.4 is 5.73 Å². The van der Waals surface area contributed by atoms with Crippen LogP contribution in [0.5, 0.6) is 0 Å². The molecule has 3 heteroatoms. The lowest BCUT2D eigenvalue weighted by atomic mass is 9.95. The summed E-state index contributed by atoms with van der Waals surface area (Å²) in [6, 6.07) is 11.5. The van der Waals surface area contributed by atoms with E-state index >= 15 is 0 Å². The van der Waals surface area contributed by atoms with Crippen molar-refractivity contribution in [1.29, 1.82) is 0 Å². The topological polar surface area (TPSA) is 32.5 Å². The zero-order valence-electron chi connectivity index (χ0n) is 12.6. The van der Waals surface area contributed by atoms with E-state index in [9.17, 15) is 0 Å². The molecule has 20 heavy (non-hydrogen) atoms. The van der Waals surface area contributed by atoms with Crippen LogP contribution in [-0.4, -0.2) is 47.6 Å². The van der Waals surface area contributed by atoms with Gasteiger partial charge in [0.25, 0.3) is 0 Å². The number of rotatable bonds is 4. The molecule has 0 spiro atoms. The van der Waals surface area contributed by atoms with Crippen molar-refractivity contribution in [2.75, 3.05) is 26.2 Å². The Hall–Kier alpha value is -0.900. The van der Waals surface area contributed by atoms with Gasteiger partial charge in [0.15, 0.2) is 0 Å². The SMILES string of the molecule is CC1CCCN1C1(CN)CCN(Cc2ccccc2)C1. The molecule has 3 rings (SSSR count). The van der Waals surface area contributed by atoms with Crippen molar-refractivity contribution in [3.8, 4) is 0 Å². The van der Waals surface area contributed by atoms with Crippen LogP contribution in [-0.2, 0) is 6.54 Å². The van der Waals surface area contributed by atoms with Crippen LogP contribution in [0.2, 0.25) is 0 Å². The van der Waals surface area contributed by atoms with Gasteiger partial charge in [-0.2, -0.15) is 0 Å². The molecule has 0 aliphatic carbocycles. The maximum Gasteiger partial charge on any atom is 0.0473 e. The Bertz CT molecular complexity index is 433. The Labute approximate surface area is 122 Å². The first-order valence-electron chi connectivity index (χ1n) is 7.97. The number of nitrogens with two attached hydrogens (primary N) is 1. The Morgan fingerprint density at radius 3 is 2.70 bits per heavy atom. The van der Waals surface area contributed by atoms with Crippen LogP contribution in [0, 0.1) is 0 Å². The second-order valence-electron chi connectivity index (χ2n) is 6.56. The number of likely N-dealkylation sites (tertiary alicyclic amines) is 2. The van der Waals surface area contributed by atoms with Crippen LogP contribution in [0.4, 0.5) is 0 Å². The van der Waals surface area contributed by atoms with Crippen molar-refractivity contribution in [2.24, 2.45) is 5.73 Å². The van der Waals surface area contributed by atoms with Crippen LogP contribution in [0.1, 0.15) is 31.7 Å². The quantitative estimate of drug-likeness (QED) is 0.911. The van der Waals surface area contributed by atoms with Crippen molar-refractivity contribution in [3.05, 3.63) is 35.9 Å². The van der Waals surface area contributed by atoms with Gasteiger partial charge in [0.05, 0.1) is 0 Å². The van der Waals surface area contributed by atoms with E-state index in [1.165, 1.54) is 37.9 Å². The Kier molecular flexibility index (Phi) is 4.11. The second kappa shape index (κ2) is 5.84. The third-order valence-corrected chi connectivity index (χ3v) is 5.20. The highest BCUT2D eigenvalue weighted by Gasteiger charge is 2.44. The van der Waals surface area contributed by atoms with Gasteiger partial charge >= 0.3 is 0 Å². The molecular weight excluding hydrogens is 246 g/mol. The first-order valence-corrected chi connectivity index (χ1v) is 7.97. The molecule has 1 aromatic rings. The first kappa shape index (κ1) is 14.1. The van der Waals surface area contributed by atoms with E-state index in [-0.39, 0.29) is 5.54 Å². The smallest absolute Gasteiger partial charge is 0.0473 e. The minimum absolute atomic E-state index is 0.227. The molecule has 110 valence electrons. The Morgan fingerprint density at radius 2 is 2.05 bits per heavy atom. The van der Waals surface area contributed by atoms with E-state index in [0.717, 1.165) is 19.6 Å². The standard InChI is InChI=1S/C17H27N3/c1-15-6-5-10-20(15)17(13-18)9-11-19(14-17)12-16-7-3-2-4-8-16/h2-4,7-8,15H,5-6,9-14,18H2,1H3. The lowest BCUT2D eigenvalue weighted by molar-refractivity contribution is 0.0914. The van der Waals surface area contributed by atoms with Crippen LogP contribution in [0.25, 0.3) is 0 Å². The number of nitrogens with zero attached hydrogens (tertiary/aromatic N) is 2. The van der Waals surface area contributed by atoms with E-state index in [0.29, 0.717) is 6.04 Å². The van der Waals surface area contributed by atoms with Gasteiger partial charge in [-0.15, -0.1) is 0 Å². The molecule has 2 aliphatic heterocycles. The number of hydrogen-bond donors (Lipinski definition) is 1.